The van der Waals surface area contributed by atoms with Gasteiger partial charge in [-0.2, -0.15) is 0 Å². The van der Waals surface area contributed by atoms with Crippen LogP contribution in [0.2, 0.25) is 0 Å². The van der Waals surface area contributed by atoms with Crippen LogP contribution in [0.25, 0.3) is 0 Å². The average Bonchev–Trinajstić information content (AvgIpc) is 2.68. The lowest BCUT2D eigenvalue weighted by molar-refractivity contribution is 0.155. The van der Waals surface area contributed by atoms with Crippen LogP contribution in [0.4, 0.5) is 4.39 Å². The Kier molecular flexibility index (Phi) is 7.78. The molecule has 0 aromatic heterocycles. The third kappa shape index (κ3) is 5.57. The Hall–Kier alpha value is -0.865. The summed E-state index contributed by atoms with van der Waals surface area (Å²) in [5.74, 6) is 2.68. The molecule has 1 aromatic carbocycles. The van der Waals surface area contributed by atoms with E-state index in [1.807, 2.05) is 6.07 Å². The van der Waals surface area contributed by atoms with Gasteiger partial charge in [0.2, 0.25) is 0 Å². The van der Waals surface area contributed by atoms with E-state index in [-0.39, 0.29) is 5.46 Å². The molecule has 1 aromatic rings. The maximum atomic E-state index is 14.1. The molecule has 0 bridgehead atoms. The van der Waals surface area contributed by atoms with Crippen molar-refractivity contribution >= 4 is 12.6 Å². The van der Waals surface area contributed by atoms with Gasteiger partial charge in [0.25, 0.3) is 0 Å². The molecule has 0 saturated heterocycles. The number of rotatable bonds is 7. The topological polar surface area (TPSA) is 40.5 Å². The summed E-state index contributed by atoms with van der Waals surface area (Å²) in [7, 11) is -1.73. The van der Waals surface area contributed by atoms with Crippen molar-refractivity contribution in [2.75, 3.05) is 0 Å². The molecule has 0 radical (unpaired) electrons. The van der Waals surface area contributed by atoms with Crippen LogP contribution < -0.4 is 5.46 Å². The van der Waals surface area contributed by atoms with Gasteiger partial charge in [-0.15, -0.1) is 0 Å². The first-order valence-corrected chi connectivity index (χ1v) is 11.2. The molecule has 0 unspecified atom stereocenters. The molecule has 2 saturated carbocycles. The Morgan fingerprint density at radius 3 is 2.11 bits per heavy atom. The fourth-order valence-corrected chi connectivity index (χ4v) is 5.56. The van der Waals surface area contributed by atoms with E-state index in [9.17, 15) is 14.4 Å². The van der Waals surface area contributed by atoms with E-state index < -0.39 is 12.9 Å². The van der Waals surface area contributed by atoms with E-state index >= 15 is 0 Å². The summed E-state index contributed by atoms with van der Waals surface area (Å²) in [5.41, 5.74) is 0.998. The van der Waals surface area contributed by atoms with Crippen molar-refractivity contribution < 1.29 is 14.4 Å². The molecule has 2 aliphatic carbocycles. The van der Waals surface area contributed by atoms with E-state index in [2.05, 4.69) is 6.92 Å². The van der Waals surface area contributed by atoms with Gasteiger partial charge in [0.1, 0.15) is 5.82 Å². The predicted molar refractivity (Wildman–Crippen MR) is 111 cm³/mol. The Morgan fingerprint density at radius 2 is 1.56 bits per heavy atom. The number of unbranched alkanes of at least 4 members (excludes halogenated alkanes) is 2. The second kappa shape index (κ2) is 10.1. The highest BCUT2D eigenvalue weighted by Crippen LogP contribution is 2.44. The van der Waals surface area contributed by atoms with Gasteiger partial charge in [0.05, 0.1) is 0 Å². The largest absolute Gasteiger partial charge is 0.491 e. The van der Waals surface area contributed by atoms with Crippen molar-refractivity contribution in [2.45, 2.75) is 89.9 Å². The Morgan fingerprint density at radius 1 is 0.926 bits per heavy atom. The minimum Gasteiger partial charge on any atom is -0.423 e. The van der Waals surface area contributed by atoms with Gasteiger partial charge in [-0.1, -0.05) is 57.6 Å². The standard InChI is InChI=1S/C23H36BFO2/c1-2-3-4-5-17-6-8-18(9-7-17)19-10-12-20(13-11-19)21-14-15-22(24(26)27)23(25)16-21/h14-20,26-27H,2-13H2,1H3. The summed E-state index contributed by atoms with van der Waals surface area (Å²) in [5, 5.41) is 18.4. The van der Waals surface area contributed by atoms with Crippen molar-refractivity contribution in [3.63, 3.8) is 0 Å². The maximum Gasteiger partial charge on any atom is 0.491 e. The molecule has 0 heterocycles. The van der Waals surface area contributed by atoms with Gasteiger partial charge in [-0.05, 0) is 73.8 Å². The van der Waals surface area contributed by atoms with Crippen molar-refractivity contribution in [1.82, 2.24) is 0 Å². The molecule has 2 fully saturated rings. The van der Waals surface area contributed by atoms with Crippen LogP contribution in [0, 0.1) is 23.6 Å². The summed E-state index contributed by atoms with van der Waals surface area (Å²) in [6.45, 7) is 2.28. The Balaban J connectivity index is 1.45. The van der Waals surface area contributed by atoms with E-state index in [0.717, 1.165) is 36.2 Å². The normalized spacial score (nSPS) is 28.9. The lowest BCUT2D eigenvalue weighted by Crippen LogP contribution is -2.33. The molecular formula is C23H36BFO2. The molecular weight excluding hydrogens is 338 g/mol. The van der Waals surface area contributed by atoms with Crippen LogP contribution in [0.3, 0.4) is 0 Å². The van der Waals surface area contributed by atoms with Crippen LogP contribution in [-0.4, -0.2) is 17.2 Å². The molecule has 27 heavy (non-hydrogen) atoms. The second-order valence-electron chi connectivity index (χ2n) is 9.04. The molecule has 2 nitrogen and oxygen atoms in total. The van der Waals surface area contributed by atoms with Gasteiger partial charge in [-0.3, -0.25) is 0 Å². The Labute approximate surface area is 164 Å². The first-order valence-electron chi connectivity index (χ1n) is 11.2. The molecule has 2 aliphatic rings. The molecule has 0 atom stereocenters. The number of hydrogen-bond acceptors (Lipinski definition) is 2. The van der Waals surface area contributed by atoms with Crippen LogP contribution in [-0.2, 0) is 0 Å². The monoisotopic (exact) mass is 374 g/mol. The highest BCUT2D eigenvalue weighted by Gasteiger charge is 2.31. The van der Waals surface area contributed by atoms with Crippen LogP contribution in [0.5, 0.6) is 0 Å². The zero-order valence-electron chi connectivity index (χ0n) is 16.9. The lowest BCUT2D eigenvalue weighted by Gasteiger charge is -2.38. The molecule has 0 aliphatic heterocycles. The smallest absolute Gasteiger partial charge is 0.423 e. The fraction of sp³-hybridized carbons (Fsp3) is 0.739. The first kappa shape index (κ1) is 20.9. The predicted octanol–water partition coefficient (Wildman–Crippen LogP) is 5.17. The number of hydrogen-bond donors (Lipinski definition) is 2. The highest BCUT2D eigenvalue weighted by atomic mass is 19.1. The van der Waals surface area contributed by atoms with Crippen molar-refractivity contribution in [3.8, 4) is 0 Å². The minimum atomic E-state index is -1.73. The summed E-state index contributed by atoms with van der Waals surface area (Å²) in [6.07, 6.45) is 16.1. The maximum absolute atomic E-state index is 14.1. The molecule has 150 valence electrons. The third-order valence-corrected chi connectivity index (χ3v) is 7.32. The van der Waals surface area contributed by atoms with E-state index in [1.54, 1.807) is 0 Å². The summed E-state index contributed by atoms with van der Waals surface area (Å²) in [6, 6.07) is 4.92. The summed E-state index contributed by atoms with van der Waals surface area (Å²) >= 11 is 0. The molecule has 2 N–H and O–H groups in total. The van der Waals surface area contributed by atoms with Gasteiger partial charge in [0.15, 0.2) is 0 Å². The van der Waals surface area contributed by atoms with Gasteiger partial charge >= 0.3 is 7.12 Å². The van der Waals surface area contributed by atoms with Crippen molar-refractivity contribution in [1.29, 1.82) is 0 Å². The molecule has 4 heteroatoms. The van der Waals surface area contributed by atoms with Gasteiger partial charge in [-0.25, -0.2) is 4.39 Å². The minimum absolute atomic E-state index is 0.0249. The molecule has 0 amide bonds. The summed E-state index contributed by atoms with van der Waals surface area (Å²) in [4.78, 5) is 0. The van der Waals surface area contributed by atoms with Crippen LogP contribution in [0.1, 0.15) is 95.5 Å². The quantitative estimate of drug-likeness (QED) is 0.511. The molecule has 0 spiro atoms. The zero-order valence-corrected chi connectivity index (χ0v) is 16.9. The summed E-state index contributed by atoms with van der Waals surface area (Å²) < 4.78 is 14.1. The van der Waals surface area contributed by atoms with E-state index in [0.29, 0.717) is 5.92 Å². The fourth-order valence-electron chi connectivity index (χ4n) is 5.56. The SMILES string of the molecule is CCCCCC1CCC(C2CCC(c3ccc(B(O)O)c(F)c3)CC2)CC1. The number of benzene rings is 1. The first-order chi connectivity index (χ1) is 13.1. The van der Waals surface area contributed by atoms with E-state index in [1.165, 1.54) is 76.3 Å². The zero-order chi connectivity index (χ0) is 19.2. The van der Waals surface area contributed by atoms with Crippen LogP contribution >= 0.6 is 0 Å². The van der Waals surface area contributed by atoms with Crippen molar-refractivity contribution in [3.05, 3.63) is 29.6 Å². The number of halogens is 1. The lowest BCUT2D eigenvalue weighted by atomic mass is 9.67. The van der Waals surface area contributed by atoms with Crippen molar-refractivity contribution in [2.24, 2.45) is 17.8 Å². The third-order valence-electron chi connectivity index (χ3n) is 7.32. The highest BCUT2D eigenvalue weighted by molar-refractivity contribution is 6.58. The van der Waals surface area contributed by atoms with Gasteiger partial charge < -0.3 is 10.0 Å². The average molecular weight is 374 g/mol. The molecule has 3 rings (SSSR count). The van der Waals surface area contributed by atoms with Gasteiger partial charge in [0, 0.05) is 5.46 Å². The van der Waals surface area contributed by atoms with E-state index in [4.69, 9.17) is 0 Å². The van der Waals surface area contributed by atoms with Crippen LogP contribution in [0.15, 0.2) is 18.2 Å². The second-order valence-corrected chi connectivity index (χ2v) is 9.04. The Bertz CT molecular complexity index is 576.